The van der Waals surface area contributed by atoms with Crippen molar-refractivity contribution in [2.24, 2.45) is 0 Å². The largest absolute Gasteiger partial charge is 0.310 e. The Bertz CT molecular complexity index is 3460. The second-order valence-electron chi connectivity index (χ2n) is 23.8. The zero-order chi connectivity index (χ0) is 49.6. The van der Waals surface area contributed by atoms with Crippen LogP contribution in [0.5, 0.6) is 0 Å². The fourth-order valence-corrected chi connectivity index (χ4v) is 18.3. The molecule has 2 aliphatic carbocycles. The number of nitrogens with zero attached hydrogens (tertiary/aromatic N) is 1. The lowest BCUT2D eigenvalue weighted by Gasteiger charge is -2.42. The van der Waals surface area contributed by atoms with E-state index in [9.17, 15) is 0 Å². The number of fused-ring (bicyclic) bond motifs is 5. The quantitative estimate of drug-likeness (QED) is 0.137. The molecule has 0 spiro atoms. The van der Waals surface area contributed by atoms with Crippen molar-refractivity contribution in [2.45, 2.75) is 103 Å². The number of benzene rings is 9. The predicted octanol–water partition coefficient (Wildman–Crippen LogP) is 16.2. The van der Waals surface area contributed by atoms with Crippen molar-refractivity contribution in [2.75, 3.05) is 4.90 Å². The van der Waals surface area contributed by atoms with Gasteiger partial charge in [-0.05, 0) is 166 Å². The van der Waals surface area contributed by atoms with Crippen molar-refractivity contribution in [3.8, 4) is 44.5 Å². The van der Waals surface area contributed by atoms with Crippen molar-refractivity contribution in [3.63, 3.8) is 0 Å². The Hall–Kier alpha value is -7.00. The van der Waals surface area contributed by atoms with Crippen LogP contribution in [0.4, 0.5) is 17.1 Å². The van der Waals surface area contributed by atoms with Crippen LogP contribution in [0.15, 0.2) is 212 Å². The number of para-hydroxylation sites is 1. The molecule has 0 N–H and O–H groups in total. The van der Waals surface area contributed by atoms with E-state index in [1.807, 2.05) is 0 Å². The molecular weight excluding hydrogens is 883 g/mol. The zero-order valence-electron chi connectivity index (χ0n) is 43.5. The molecule has 12 rings (SSSR count). The summed E-state index contributed by atoms with van der Waals surface area (Å²) in [5.74, 6) is 0. The van der Waals surface area contributed by atoms with Gasteiger partial charge in [0.1, 0.15) is 0 Å². The molecule has 1 heterocycles. The monoisotopic (exact) mass is 950 g/mol. The van der Waals surface area contributed by atoms with Gasteiger partial charge in [-0.1, -0.05) is 231 Å². The lowest BCUT2D eigenvalue weighted by molar-refractivity contribution is 0.332. The Balaban J connectivity index is 0.971. The van der Waals surface area contributed by atoms with Gasteiger partial charge in [0.15, 0.2) is 8.07 Å². The molecule has 1 aliphatic heterocycles. The van der Waals surface area contributed by atoms with E-state index < -0.39 is 8.07 Å². The third-order valence-corrected chi connectivity index (χ3v) is 22.4. The lowest BCUT2D eigenvalue weighted by Crippen LogP contribution is -2.72. The standard InChI is InChI=1S/C70H67NSi/c1-67(2)41-43-69(5,6)62-46-51(31-38-60(62)67)49-29-36-54(37-30-49)71(64-25-17-15-23-57(64)52-32-39-61-63(47-52)70(7,8)44-42-68(61,3)4)53-34-27-48(28-35-53)50-33-40-66-59(45-50)58-24-16-18-26-65(58)72(66,55-19-11-9-12-20-55)56-21-13-10-14-22-56/h9-40,45-47H,41-44H2,1-8H3. The Morgan fingerprint density at radius 2 is 0.694 bits per heavy atom. The molecule has 0 bridgehead atoms. The summed E-state index contributed by atoms with van der Waals surface area (Å²) in [6, 6.07) is 81.3. The van der Waals surface area contributed by atoms with Crippen molar-refractivity contribution in [3.05, 3.63) is 235 Å². The summed E-state index contributed by atoms with van der Waals surface area (Å²) in [6.45, 7) is 19.4. The minimum absolute atomic E-state index is 0.106. The van der Waals surface area contributed by atoms with E-state index in [1.165, 1.54) is 119 Å². The topological polar surface area (TPSA) is 3.24 Å². The first-order valence-corrected chi connectivity index (χ1v) is 28.4. The third-order valence-electron chi connectivity index (χ3n) is 17.5. The van der Waals surface area contributed by atoms with Gasteiger partial charge >= 0.3 is 0 Å². The fraction of sp³-hybridized carbons (Fsp3) is 0.229. The van der Waals surface area contributed by atoms with Gasteiger partial charge in [-0.3, -0.25) is 0 Å². The molecule has 9 aromatic rings. The Labute approximate surface area is 430 Å². The van der Waals surface area contributed by atoms with E-state index >= 15 is 0 Å². The molecular formula is C70H67NSi. The molecule has 1 nitrogen and oxygen atoms in total. The third kappa shape index (κ3) is 7.47. The zero-order valence-corrected chi connectivity index (χ0v) is 44.5. The van der Waals surface area contributed by atoms with Crippen LogP contribution in [-0.2, 0) is 21.7 Å². The van der Waals surface area contributed by atoms with Gasteiger partial charge in [-0.15, -0.1) is 0 Å². The van der Waals surface area contributed by atoms with Gasteiger partial charge in [0.05, 0.1) is 5.69 Å². The van der Waals surface area contributed by atoms with Crippen LogP contribution >= 0.6 is 0 Å². The van der Waals surface area contributed by atoms with Gasteiger partial charge < -0.3 is 4.90 Å². The first-order valence-electron chi connectivity index (χ1n) is 26.4. The number of anilines is 3. The van der Waals surface area contributed by atoms with Crippen LogP contribution in [0.1, 0.15) is 103 Å². The second kappa shape index (κ2) is 17.1. The van der Waals surface area contributed by atoms with Crippen LogP contribution in [0.25, 0.3) is 44.5 Å². The molecule has 0 radical (unpaired) electrons. The molecule has 356 valence electrons. The van der Waals surface area contributed by atoms with E-state index in [0.29, 0.717) is 0 Å². The summed E-state index contributed by atoms with van der Waals surface area (Å²) in [7, 11) is -2.56. The molecule has 0 amide bonds. The summed E-state index contributed by atoms with van der Waals surface area (Å²) < 4.78 is 0. The summed E-state index contributed by atoms with van der Waals surface area (Å²) in [6.07, 6.45) is 4.80. The summed E-state index contributed by atoms with van der Waals surface area (Å²) in [4.78, 5) is 2.48. The first-order chi connectivity index (χ1) is 34.7. The van der Waals surface area contributed by atoms with Crippen LogP contribution in [0.3, 0.4) is 0 Å². The molecule has 0 saturated heterocycles. The van der Waals surface area contributed by atoms with Gasteiger partial charge in [-0.25, -0.2) is 0 Å². The lowest BCUT2D eigenvalue weighted by atomic mass is 9.63. The minimum Gasteiger partial charge on any atom is -0.310 e. The van der Waals surface area contributed by atoms with Gasteiger partial charge in [0.25, 0.3) is 0 Å². The van der Waals surface area contributed by atoms with Gasteiger partial charge in [0.2, 0.25) is 0 Å². The van der Waals surface area contributed by atoms with Crippen molar-refractivity contribution >= 4 is 45.9 Å². The van der Waals surface area contributed by atoms with Crippen LogP contribution in [0.2, 0.25) is 0 Å². The molecule has 72 heavy (non-hydrogen) atoms. The van der Waals surface area contributed by atoms with Crippen molar-refractivity contribution < 1.29 is 0 Å². The number of hydrogen-bond acceptors (Lipinski definition) is 1. The van der Waals surface area contributed by atoms with E-state index in [4.69, 9.17) is 0 Å². The maximum atomic E-state index is 2.51. The molecule has 0 fully saturated rings. The maximum Gasteiger partial charge on any atom is 0.180 e. The second-order valence-corrected chi connectivity index (χ2v) is 27.5. The highest BCUT2D eigenvalue weighted by Gasteiger charge is 2.48. The minimum atomic E-state index is -2.56. The maximum absolute atomic E-state index is 2.56. The highest BCUT2D eigenvalue weighted by Crippen LogP contribution is 2.50. The fourth-order valence-electron chi connectivity index (χ4n) is 13.1. The summed E-state index contributed by atoms with van der Waals surface area (Å²) in [5, 5.41) is 5.78. The van der Waals surface area contributed by atoms with Gasteiger partial charge in [0, 0.05) is 16.9 Å². The normalized spacial score (nSPS) is 17.2. The summed E-state index contributed by atoms with van der Waals surface area (Å²) >= 11 is 0. The van der Waals surface area contributed by atoms with Crippen molar-refractivity contribution in [1.82, 2.24) is 0 Å². The predicted molar refractivity (Wildman–Crippen MR) is 311 cm³/mol. The molecule has 3 aliphatic rings. The highest BCUT2D eigenvalue weighted by atomic mass is 28.3. The molecule has 9 aromatic carbocycles. The van der Waals surface area contributed by atoms with E-state index in [2.05, 4.69) is 273 Å². The molecule has 2 heteroatoms. The Morgan fingerprint density at radius 1 is 0.306 bits per heavy atom. The Morgan fingerprint density at radius 3 is 1.24 bits per heavy atom. The smallest absolute Gasteiger partial charge is 0.180 e. The average Bonchev–Trinajstić information content (AvgIpc) is 3.70. The number of hydrogen-bond donors (Lipinski definition) is 0. The molecule has 0 unspecified atom stereocenters. The van der Waals surface area contributed by atoms with Crippen LogP contribution < -0.4 is 25.6 Å². The van der Waals surface area contributed by atoms with E-state index in [-0.39, 0.29) is 21.7 Å². The molecule has 0 atom stereocenters. The molecule has 0 saturated carbocycles. The average molecular weight is 950 g/mol. The highest BCUT2D eigenvalue weighted by molar-refractivity contribution is 7.22. The van der Waals surface area contributed by atoms with E-state index in [0.717, 1.165) is 11.4 Å². The van der Waals surface area contributed by atoms with Crippen LogP contribution in [-0.4, -0.2) is 8.07 Å². The molecule has 0 aromatic heterocycles. The van der Waals surface area contributed by atoms with Gasteiger partial charge in [-0.2, -0.15) is 0 Å². The van der Waals surface area contributed by atoms with E-state index in [1.54, 1.807) is 0 Å². The van der Waals surface area contributed by atoms with Crippen LogP contribution in [0, 0.1) is 0 Å². The first kappa shape index (κ1) is 46.1. The van der Waals surface area contributed by atoms with Crippen molar-refractivity contribution in [1.29, 1.82) is 0 Å². The summed E-state index contributed by atoms with van der Waals surface area (Å²) in [5.41, 5.74) is 20.1. The Kier molecular flexibility index (Phi) is 10.9. The SMILES string of the molecule is CC1(C)CCC(C)(C)c2cc(-c3ccc(N(c4ccc(-c5ccc6c(c5)-c5ccccc5[Si]6(c5ccccc5)c5ccccc5)cc4)c4ccccc4-c4ccc5c(c4)C(C)(C)CCC5(C)C)cc3)ccc21. The number of rotatable bonds is 8.